The molecule has 1 aromatic rings. The summed E-state index contributed by atoms with van der Waals surface area (Å²) >= 11 is 0. The molecular weight excluding hydrogens is 224 g/mol. The Morgan fingerprint density at radius 2 is 1.72 bits per heavy atom. The molecule has 1 rings (SSSR count). The normalized spacial score (nSPS) is 13.1. The molecule has 1 unspecified atom stereocenters. The molecule has 100 valence electrons. The second-order valence-corrected chi connectivity index (χ2v) is 4.80. The van der Waals surface area contributed by atoms with Crippen molar-refractivity contribution in [3.05, 3.63) is 35.9 Å². The van der Waals surface area contributed by atoms with Gasteiger partial charge in [0.15, 0.2) is 0 Å². The van der Waals surface area contributed by atoms with E-state index < -0.39 is 5.60 Å². The largest absolute Gasteiger partial charge is 0.454 e. The van der Waals surface area contributed by atoms with E-state index in [0.29, 0.717) is 0 Å². The number of hydrogen-bond donors (Lipinski definition) is 0. The molecule has 0 N–H and O–H groups in total. The van der Waals surface area contributed by atoms with Gasteiger partial charge in [0.05, 0.1) is 5.92 Å². The Morgan fingerprint density at radius 1 is 1.17 bits per heavy atom. The van der Waals surface area contributed by atoms with Crippen molar-refractivity contribution in [2.45, 2.75) is 52.6 Å². The topological polar surface area (TPSA) is 26.3 Å². The molecule has 0 amide bonds. The van der Waals surface area contributed by atoms with Crippen molar-refractivity contribution in [3.8, 4) is 0 Å². The second kappa shape index (κ2) is 6.58. The van der Waals surface area contributed by atoms with Gasteiger partial charge in [-0.05, 0) is 24.8 Å². The molecule has 1 atom stereocenters. The van der Waals surface area contributed by atoms with E-state index in [4.69, 9.17) is 4.74 Å². The zero-order valence-electron chi connectivity index (χ0n) is 11.9. The molecule has 0 aliphatic rings. The molecule has 0 heterocycles. The lowest BCUT2D eigenvalue weighted by Crippen LogP contribution is -2.33. The third-order valence-electron chi connectivity index (χ3n) is 3.75. The summed E-state index contributed by atoms with van der Waals surface area (Å²) in [6.07, 6.45) is 2.42. The number of carbonyl (C=O) groups excluding carboxylic acids is 1. The Morgan fingerprint density at radius 3 is 2.17 bits per heavy atom. The van der Waals surface area contributed by atoms with Gasteiger partial charge >= 0.3 is 5.97 Å². The molecule has 0 aliphatic carbocycles. The Balaban J connectivity index is 2.98. The first-order valence-electron chi connectivity index (χ1n) is 6.88. The molecule has 0 spiro atoms. The van der Waals surface area contributed by atoms with E-state index in [1.807, 2.05) is 44.2 Å². The molecule has 0 saturated carbocycles. The fourth-order valence-corrected chi connectivity index (χ4v) is 2.06. The van der Waals surface area contributed by atoms with Crippen molar-refractivity contribution in [1.29, 1.82) is 0 Å². The number of hydrogen-bond acceptors (Lipinski definition) is 2. The summed E-state index contributed by atoms with van der Waals surface area (Å²) in [4.78, 5) is 12.1. The van der Waals surface area contributed by atoms with Crippen LogP contribution in [0, 0.1) is 5.92 Å². The highest BCUT2D eigenvalue weighted by atomic mass is 16.6. The molecule has 0 aromatic heterocycles. The predicted molar refractivity (Wildman–Crippen MR) is 74.2 cm³/mol. The van der Waals surface area contributed by atoms with Gasteiger partial charge in [0.25, 0.3) is 0 Å². The van der Waals surface area contributed by atoms with E-state index in [1.54, 1.807) is 0 Å². The van der Waals surface area contributed by atoms with Crippen molar-refractivity contribution in [2.75, 3.05) is 0 Å². The van der Waals surface area contributed by atoms with Gasteiger partial charge in [0, 0.05) is 0 Å². The highest BCUT2D eigenvalue weighted by Crippen LogP contribution is 2.34. The van der Waals surface area contributed by atoms with Crippen LogP contribution in [-0.2, 0) is 15.1 Å². The molecular formula is C16H24O2. The van der Waals surface area contributed by atoms with Crippen LogP contribution >= 0.6 is 0 Å². The van der Waals surface area contributed by atoms with E-state index in [2.05, 4.69) is 13.8 Å². The SMILES string of the molecule is CCC(C)C(=O)OC(CC)(CC)c1ccccc1. The van der Waals surface area contributed by atoms with Crippen LogP contribution in [0.3, 0.4) is 0 Å². The molecule has 18 heavy (non-hydrogen) atoms. The van der Waals surface area contributed by atoms with Gasteiger partial charge in [-0.2, -0.15) is 0 Å². The first-order valence-corrected chi connectivity index (χ1v) is 6.88. The Bertz CT molecular complexity index is 366. The van der Waals surface area contributed by atoms with Crippen LogP contribution in [0.25, 0.3) is 0 Å². The molecule has 0 radical (unpaired) electrons. The summed E-state index contributed by atoms with van der Waals surface area (Å²) in [5.74, 6) is -0.128. The van der Waals surface area contributed by atoms with Crippen LogP contribution in [0.15, 0.2) is 30.3 Å². The average Bonchev–Trinajstić information content (AvgIpc) is 2.44. The maximum atomic E-state index is 12.1. The third kappa shape index (κ3) is 3.12. The predicted octanol–water partition coefficient (Wildman–Crippen LogP) is 4.29. The quantitative estimate of drug-likeness (QED) is 0.702. The number of benzene rings is 1. The van der Waals surface area contributed by atoms with E-state index in [-0.39, 0.29) is 11.9 Å². The van der Waals surface area contributed by atoms with Gasteiger partial charge in [-0.15, -0.1) is 0 Å². The Hall–Kier alpha value is -1.31. The number of rotatable bonds is 6. The van der Waals surface area contributed by atoms with Crippen molar-refractivity contribution < 1.29 is 9.53 Å². The van der Waals surface area contributed by atoms with Crippen molar-refractivity contribution >= 4 is 5.97 Å². The lowest BCUT2D eigenvalue weighted by atomic mass is 9.88. The maximum absolute atomic E-state index is 12.1. The second-order valence-electron chi connectivity index (χ2n) is 4.80. The van der Waals surface area contributed by atoms with Gasteiger partial charge < -0.3 is 4.74 Å². The zero-order chi connectivity index (χ0) is 13.6. The molecule has 1 aromatic carbocycles. The first kappa shape index (κ1) is 14.7. The Kier molecular flexibility index (Phi) is 5.39. The van der Waals surface area contributed by atoms with Crippen LogP contribution in [0.1, 0.15) is 52.5 Å². The smallest absolute Gasteiger partial charge is 0.309 e. The van der Waals surface area contributed by atoms with Gasteiger partial charge in [-0.1, -0.05) is 58.0 Å². The maximum Gasteiger partial charge on any atom is 0.309 e. The van der Waals surface area contributed by atoms with Gasteiger partial charge in [0.2, 0.25) is 0 Å². The number of ether oxygens (including phenoxy) is 1. The molecule has 0 saturated heterocycles. The summed E-state index contributed by atoms with van der Waals surface area (Å²) in [6, 6.07) is 10.0. The number of esters is 1. The van der Waals surface area contributed by atoms with Crippen LogP contribution in [-0.4, -0.2) is 5.97 Å². The fraction of sp³-hybridized carbons (Fsp3) is 0.562. The fourth-order valence-electron chi connectivity index (χ4n) is 2.06. The van der Waals surface area contributed by atoms with Crippen LogP contribution in [0.2, 0.25) is 0 Å². The van der Waals surface area contributed by atoms with Crippen molar-refractivity contribution in [1.82, 2.24) is 0 Å². The summed E-state index contributed by atoms with van der Waals surface area (Å²) < 4.78 is 5.84. The van der Waals surface area contributed by atoms with E-state index >= 15 is 0 Å². The van der Waals surface area contributed by atoms with Crippen LogP contribution in [0.5, 0.6) is 0 Å². The molecule has 0 fully saturated rings. The monoisotopic (exact) mass is 248 g/mol. The average molecular weight is 248 g/mol. The number of carbonyl (C=O) groups is 1. The van der Waals surface area contributed by atoms with Crippen LogP contribution in [0.4, 0.5) is 0 Å². The summed E-state index contributed by atoms with van der Waals surface area (Å²) in [7, 11) is 0. The van der Waals surface area contributed by atoms with Crippen LogP contribution < -0.4 is 0 Å². The van der Waals surface area contributed by atoms with Gasteiger partial charge in [0.1, 0.15) is 5.60 Å². The first-order chi connectivity index (χ1) is 8.59. The van der Waals surface area contributed by atoms with E-state index in [9.17, 15) is 4.79 Å². The standard InChI is InChI=1S/C16H24O2/c1-5-13(4)15(17)18-16(6-2,7-3)14-11-9-8-10-12-14/h8-13H,5-7H2,1-4H3. The lowest BCUT2D eigenvalue weighted by Gasteiger charge is -2.33. The lowest BCUT2D eigenvalue weighted by molar-refractivity contribution is -0.167. The van der Waals surface area contributed by atoms with Crippen molar-refractivity contribution in [2.24, 2.45) is 5.92 Å². The minimum Gasteiger partial charge on any atom is -0.454 e. The molecule has 2 nitrogen and oxygen atoms in total. The molecule has 2 heteroatoms. The zero-order valence-corrected chi connectivity index (χ0v) is 11.9. The molecule has 0 aliphatic heterocycles. The highest BCUT2D eigenvalue weighted by Gasteiger charge is 2.33. The summed E-state index contributed by atoms with van der Waals surface area (Å²) in [5.41, 5.74) is 0.619. The minimum atomic E-state index is -0.470. The summed E-state index contributed by atoms with van der Waals surface area (Å²) in [5, 5.41) is 0. The molecule has 0 bridgehead atoms. The minimum absolute atomic E-state index is 0.0359. The highest BCUT2D eigenvalue weighted by molar-refractivity contribution is 5.72. The van der Waals surface area contributed by atoms with Gasteiger partial charge in [-0.3, -0.25) is 4.79 Å². The van der Waals surface area contributed by atoms with Gasteiger partial charge in [-0.25, -0.2) is 0 Å². The van der Waals surface area contributed by atoms with E-state index in [1.165, 1.54) is 0 Å². The summed E-state index contributed by atoms with van der Waals surface area (Å²) in [6.45, 7) is 8.07. The van der Waals surface area contributed by atoms with Crippen molar-refractivity contribution in [3.63, 3.8) is 0 Å². The Labute approximate surface area is 110 Å². The van der Waals surface area contributed by atoms with E-state index in [0.717, 1.165) is 24.8 Å². The third-order valence-corrected chi connectivity index (χ3v) is 3.75.